The fraction of sp³-hybridized carbons (Fsp3) is 0.556. The standard InChI is InChI=1S/C4H7NO.C4H8.CH2O3/c6-4-2-1-3-5-4;1-3-4-2;2-1(3)4/h1-3H2,(H,5,6);3-4H,1-2H3;(H2,2,3,4). The molecular weight excluding hydrogens is 186 g/mol. The van der Waals surface area contributed by atoms with E-state index in [0.717, 1.165) is 19.4 Å². The molecule has 0 aromatic carbocycles. The van der Waals surface area contributed by atoms with Crippen molar-refractivity contribution in [2.24, 2.45) is 0 Å². The summed E-state index contributed by atoms with van der Waals surface area (Å²) in [5, 5.41) is 16.6. The molecule has 1 rings (SSSR count). The smallest absolute Gasteiger partial charge is 0.450 e. The second-order valence-corrected chi connectivity index (χ2v) is 2.40. The first-order chi connectivity index (χ1) is 6.54. The van der Waals surface area contributed by atoms with Crippen molar-refractivity contribution in [2.75, 3.05) is 6.54 Å². The van der Waals surface area contributed by atoms with E-state index in [4.69, 9.17) is 15.0 Å². The Labute approximate surface area is 83.4 Å². The van der Waals surface area contributed by atoms with Crippen molar-refractivity contribution in [3.8, 4) is 0 Å². The van der Waals surface area contributed by atoms with E-state index in [1.165, 1.54) is 0 Å². The Balaban J connectivity index is 0. The lowest BCUT2D eigenvalue weighted by Gasteiger charge is -1.80. The van der Waals surface area contributed by atoms with E-state index in [1.807, 2.05) is 26.0 Å². The Kier molecular flexibility index (Phi) is 12.3. The van der Waals surface area contributed by atoms with Crippen molar-refractivity contribution in [1.29, 1.82) is 0 Å². The van der Waals surface area contributed by atoms with E-state index in [0.29, 0.717) is 0 Å². The maximum absolute atomic E-state index is 10.1. The molecule has 1 saturated heterocycles. The summed E-state index contributed by atoms with van der Waals surface area (Å²) in [6.45, 7) is 4.89. The molecule has 1 heterocycles. The van der Waals surface area contributed by atoms with Crippen LogP contribution in [0.15, 0.2) is 12.2 Å². The van der Waals surface area contributed by atoms with Crippen molar-refractivity contribution >= 4 is 12.1 Å². The number of hydrogen-bond donors (Lipinski definition) is 3. The lowest BCUT2D eigenvalue weighted by molar-refractivity contribution is -0.119. The van der Waals surface area contributed by atoms with Crippen molar-refractivity contribution in [3.63, 3.8) is 0 Å². The highest BCUT2D eigenvalue weighted by Crippen LogP contribution is 1.93. The highest BCUT2D eigenvalue weighted by atomic mass is 16.6. The predicted molar refractivity (Wildman–Crippen MR) is 53.4 cm³/mol. The maximum Gasteiger partial charge on any atom is 0.503 e. The monoisotopic (exact) mass is 203 g/mol. The van der Waals surface area contributed by atoms with Gasteiger partial charge in [0.05, 0.1) is 0 Å². The molecule has 0 radical (unpaired) electrons. The summed E-state index contributed by atoms with van der Waals surface area (Å²) in [4.78, 5) is 18.7. The number of amides is 1. The van der Waals surface area contributed by atoms with Gasteiger partial charge < -0.3 is 15.5 Å². The molecule has 0 aromatic heterocycles. The van der Waals surface area contributed by atoms with Crippen LogP contribution in [0.1, 0.15) is 26.7 Å². The first-order valence-corrected chi connectivity index (χ1v) is 4.30. The molecule has 0 atom stereocenters. The van der Waals surface area contributed by atoms with Crippen LogP contribution in [-0.4, -0.2) is 28.8 Å². The number of rotatable bonds is 0. The molecule has 82 valence electrons. The summed E-state index contributed by atoms with van der Waals surface area (Å²) in [6.07, 6.45) is 3.93. The zero-order valence-corrected chi connectivity index (χ0v) is 8.49. The Morgan fingerprint density at radius 3 is 1.86 bits per heavy atom. The fourth-order valence-electron chi connectivity index (χ4n) is 0.565. The van der Waals surface area contributed by atoms with E-state index in [9.17, 15) is 4.79 Å². The minimum Gasteiger partial charge on any atom is -0.450 e. The SMILES string of the molecule is CC=CC.O=C(O)O.O=C1CCCN1. The van der Waals surface area contributed by atoms with E-state index in [2.05, 4.69) is 5.32 Å². The minimum atomic E-state index is -1.83. The van der Waals surface area contributed by atoms with Crippen LogP contribution in [0, 0.1) is 0 Å². The van der Waals surface area contributed by atoms with Crippen LogP contribution in [0.5, 0.6) is 0 Å². The van der Waals surface area contributed by atoms with Crippen molar-refractivity contribution < 1.29 is 19.8 Å². The Bertz CT molecular complexity index is 173. The molecule has 0 aliphatic carbocycles. The zero-order chi connectivity index (χ0) is 11.4. The van der Waals surface area contributed by atoms with Gasteiger partial charge in [0.15, 0.2) is 0 Å². The molecule has 0 unspecified atom stereocenters. The van der Waals surface area contributed by atoms with E-state index in [1.54, 1.807) is 0 Å². The third kappa shape index (κ3) is 22.4. The van der Waals surface area contributed by atoms with E-state index in [-0.39, 0.29) is 5.91 Å². The Hall–Kier alpha value is -1.52. The molecule has 1 amide bonds. The molecule has 5 nitrogen and oxygen atoms in total. The van der Waals surface area contributed by atoms with Crippen LogP contribution in [0.25, 0.3) is 0 Å². The molecule has 5 heteroatoms. The summed E-state index contributed by atoms with van der Waals surface area (Å²) in [5.41, 5.74) is 0. The number of allylic oxidation sites excluding steroid dienone is 2. The lowest BCUT2D eigenvalue weighted by Crippen LogP contribution is -2.12. The summed E-state index contributed by atoms with van der Waals surface area (Å²) in [6, 6.07) is 0. The maximum atomic E-state index is 10.1. The third-order valence-electron chi connectivity index (χ3n) is 1.24. The largest absolute Gasteiger partial charge is 0.503 e. The summed E-state index contributed by atoms with van der Waals surface area (Å²) >= 11 is 0. The van der Waals surface area contributed by atoms with Crippen molar-refractivity contribution in [3.05, 3.63) is 12.2 Å². The topological polar surface area (TPSA) is 86.6 Å². The lowest BCUT2D eigenvalue weighted by atomic mass is 10.4. The van der Waals surface area contributed by atoms with Crippen LogP contribution in [-0.2, 0) is 4.79 Å². The zero-order valence-electron chi connectivity index (χ0n) is 8.49. The van der Waals surface area contributed by atoms with Gasteiger partial charge in [0.2, 0.25) is 5.91 Å². The van der Waals surface area contributed by atoms with E-state index < -0.39 is 6.16 Å². The van der Waals surface area contributed by atoms with Gasteiger partial charge in [-0.15, -0.1) is 0 Å². The minimum absolute atomic E-state index is 0.204. The molecule has 0 bridgehead atoms. The van der Waals surface area contributed by atoms with Crippen LogP contribution < -0.4 is 5.32 Å². The van der Waals surface area contributed by atoms with Gasteiger partial charge in [-0.1, -0.05) is 12.2 Å². The summed E-state index contributed by atoms with van der Waals surface area (Å²) in [7, 11) is 0. The molecular formula is C9H17NO4. The van der Waals surface area contributed by atoms with E-state index >= 15 is 0 Å². The normalized spacial score (nSPS) is 13.4. The number of nitrogens with one attached hydrogen (secondary N) is 1. The van der Waals surface area contributed by atoms with Crippen LogP contribution in [0.3, 0.4) is 0 Å². The van der Waals surface area contributed by atoms with Gasteiger partial charge in [0.1, 0.15) is 0 Å². The molecule has 3 N–H and O–H groups in total. The first-order valence-electron chi connectivity index (χ1n) is 4.30. The molecule has 0 aromatic rings. The van der Waals surface area contributed by atoms with Gasteiger partial charge in [0, 0.05) is 13.0 Å². The molecule has 1 aliphatic rings. The number of carbonyl (C=O) groups excluding carboxylic acids is 1. The van der Waals surface area contributed by atoms with Gasteiger partial charge >= 0.3 is 6.16 Å². The molecule has 0 saturated carbocycles. The van der Waals surface area contributed by atoms with Crippen LogP contribution in [0.2, 0.25) is 0 Å². The average Bonchev–Trinajstić information content (AvgIpc) is 2.55. The number of carboxylic acid groups (broad SMARTS) is 2. The van der Waals surface area contributed by atoms with Gasteiger partial charge in [0.25, 0.3) is 0 Å². The van der Waals surface area contributed by atoms with Gasteiger partial charge in [-0.3, -0.25) is 4.79 Å². The highest BCUT2D eigenvalue weighted by Gasteiger charge is 2.05. The van der Waals surface area contributed by atoms with Gasteiger partial charge in [-0.25, -0.2) is 4.79 Å². The van der Waals surface area contributed by atoms with Crippen molar-refractivity contribution in [2.45, 2.75) is 26.7 Å². The second kappa shape index (κ2) is 11.5. The number of hydrogen-bond acceptors (Lipinski definition) is 2. The Morgan fingerprint density at radius 1 is 1.36 bits per heavy atom. The quantitative estimate of drug-likeness (QED) is 0.523. The molecule has 1 fully saturated rings. The average molecular weight is 203 g/mol. The Morgan fingerprint density at radius 2 is 1.79 bits per heavy atom. The third-order valence-corrected chi connectivity index (χ3v) is 1.24. The summed E-state index contributed by atoms with van der Waals surface area (Å²) in [5.74, 6) is 0.204. The van der Waals surface area contributed by atoms with Gasteiger partial charge in [-0.05, 0) is 20.3 Å². The highest BCUT2D eigenvalue weighted by molar-refractivity contribution is 5.77. The van der Waals surface area contributed by atoms with Crippen molar-refractivity contribution in [1.82, 2.24) is 5.32 Å². The predicted octanol–water partition coefficient (Wildman–Crippen LogP) is 1.70. The second-order valence-electron chi connectivity index (χ2n) is 2.40. The first kappa shape index (κ1) is 15.0. The number of carbonyl (C=O) groups is 2. The summed E-state index contributed by atoms with van der Waals surface area (Å²) < 4.78 is 0. The van der Waals surface area contributed by atoms with Gasteiger partial charge in [-0.2, -0.15) is 0 Å². The fourth-order valence-corrected chi connectivity index (χ4v) is 0.565. The molecule has 14 heavy (non-hydrogen) atoms. The molecule has 0 spiro atoms. The van der Waals surface area contributed by atoms with Crippen LogP contribution in [0.4, 0.5) is 4.79 Å². The molecule has 1 aliphatic heterocycles. The van der Waals surface area contributed by atoms with Crippen LogP contribution >= 0.6 is 0 Å².